The Morgan fingerprint density at radius 1 is 1.12 bits per heavy atom. The summed E-state index contributed by atoms with van der Waals surface area (Å²) >= 11 is 4.51. The molecular formula is C27H34F3NO2S. The van der Waals surface area contributed by atoms with Crippen LogP contribution in [0.25, 0.3) is 6.08 Å². The molecule has 7 heteroatoms. The highest BCUT2D eigenvalue weighted by molar-refractivity contribution is 7.84. The van der Waals surface area contributed by atoms with Crippen LogP contribution in [0.1, 0.15) is 49.9 Å². The van der Waals surface area contributed by atoms with Crippen molar-refractivity contribution in [2.45, 2.75) is 52.9 Å². The summed E-state index contributed by atoms with van der Waals surface area (Å²) < 4.78 is 41.7. The third-order valence-corrected chi connectivity index (χ3v) is 5.41. The van der Waals surface area contributed by atoms with Crippen LogP contribution in [0.3, 0.4) is 0 Å². The van der Waals surface area contributed by atoms with E-state index in [4.69, 9.17) is 4.74 Å². The van der Waals surface area contributed by atoms with Gasteiger partial charge in [-0.05, 0) is 81.5 Å². The molecule has 0 saturated carbocycles. The van der Waals surface area contributed by atoms with Crippen LogP contribution in [0.15, 0.2) is 59.5 Å². The number of alkyl halides is 3. The lowest BCUT2D eigenvalue weighted by molar-refractivity contribution is -0.137. The Bertz CT molecular complexity index is 992. The molecule has 0 spiro atoms. The van der Waals surface area contributed by atoms with Crippen LogP contribution < -0.4 is 4.74 Å². The highest BCUT2D eigenvalue weighted by Crippen LogP contribution is 2.29. The van der Waals surface area contributed by atoms with E-state index in [1.54, 1.807) is 13.8 Å². The molecule has 2 aromatic rings. The van der Waals surface area contributed by atoms with E-state index >= 15 is 0 Å². The van der Waals surface area contributed by atoms with Crippen LogP contribution in [-0.4, -0.2) is 30.4 Å². The standard InChI is InChI=1S/C18H27NO2S.C9H7F3/c1-13(2)17(22)11-19(6)10-15-7-8-16(14(3)9-15)21-18(4,5)12-20;1-2-7-3-5-8(6-4-7)9(10,11)12/h7-9,12,22H,10-11H2,1-6H3;2-6H,1H2. The molecule has 0 amide bonds. The predicted octanol–water partition coefficient (Wildman–Crippen LogP) is 7.36. The fourth-order valence-electron chi connectivity index (χ4n) is 2.82. The summed E-state index contributed by atoms with van der Waals surface area (Å²) in [6.45, 7) is 14.8. The van der Waals surface area contributed by atoms with E-state index in [1.807, 2.05) is 19.1 Å². The minimum atomic E-state index is -4.25. The molecule has 0 radical (unpaired) electrons. The van der Waals surface area contributed by atoms with Gasteiger partial charge < -0.3 is 4.74 Å². The highest BCUT2D eigenvalue weighted by Gasteiger charge is 2.29. The molecule has 0 aromatic heterocycles. The number of rotatable bonds is 8. The van der Waals surface area contributed by atoms with E-state index in [-0.39, 0.29) is 0 Å². The fraction of sp³-hybridized carbons (Fsp3) is 0.370. The number of hydrogen-bond donors (Lipinski definition) is 1. The lowest BCUT2D eigenvalue weighted by Crippen LogP contribution is -2.30. The zero-order valence-corrected chi connectivity index (χ0v) is 21.6. The molecule has 0 aliphatic rings. The first-order chi connectivity index (χ1) is 15.7. The second-order valence-electron chi connectivity index (χ2n) is 8.87. The van der Waals surface area contributed by atoms with Gasteiger partial charge >= 0.3 is 6.18 Å². The molecule has 0 N–H and O–H groups in total. The number of nitrogens with zero attached hydrogens (tertiary/aromatic N) is 1. The summed E-state index contributed by atoms with van der Waals surface area (Å²) in [5.74, 6) is 0.752. The van der Waals surface area contributed by atoms with Crippen molar-refractivity contribution in [2.75, 3.05) is 13.6 Å². The SMILES string of the molecule is C=Cc1ccc(C(F)(F)F)cc1.CC(C)=C(S)CN(C)Cc1ccc(OC(C)(C)C=O)c(C)c1. The first kappa shape index (κ1) is 29.5. The molecule has 0 aliphatic heterocycles. The molecule has 186 valence electrons. The molecule has 0 bridgehead atoms. The van der Waals surface area contributed by atoms with Gasteiger partial charge in [0.05, 0.1) is 5.56 Å². The van der Waals surface area contributed by atoms with Crippen LogP contribution in [0.5, 0.6) is 5.75 Å². The third-order valence-electron chi connectivity index (χ3n) is 4.82. The second-order valence-corrected chi connectivity index (χ2v) is 9.41. The number of thiol groups is 1. The van der Waals surface area contributed by atoms with E-state index in [1.165, 1.54) is 29.3 Å². The summed E-state index contributed by atoms with van der Waals surface area (Å²) in [5.41, 5.74) is 2.75. The van der Waals surface area contributed by atoms with Crippen LogP contribution in [0.2, 0.25) is 0 Å². The molecule has 0 fully saturated rings. The lowest BCUT2D eigenvalue weighted by atomic mass is 10.1. The van der Waals surface area contributed by atoms with Crippen LogP contribution in [-0.2, 0) is 17.5 Å². The van der Waals surface area contributed by atoms with Gasteiger partial charge in [0.25, 0.3) is 0 Å². The van der Waals surface area contributed by atoms with Crippen molar-refractivity contribution in [1.82, 2.24) is 4.90 Å². The molecule has 0 heterocycles. The van der Waals surface area contributed by atoms with Crippen molar-refractivity contribution in [3.8, 4) is 5.75 Å². The normalized spacial score (nSPS) is 11.4. The summed E-state index contributed by atoms with van der Waals surface area (Å²) in [7, 11) is 2.08. The maximum absolute atomic E-state index is 12.0. The maximum atomic E-state index is 12.0. The Labute approximate surface area is 206 Å². The van der Waals surface area contributed by atoms with Crippen molar-refractivity contribution >= 4 is 25.0 Å². The molecule has 3 nitrogen and oxygen atoms in total. The van der Waals surface area contributed by atoms with Crippen LogP contribution >= 0.6 is 12.6 Å². The first-order valence-electron chi connectivity index (χ1n) is 10.8. The zero-order valence-electron chi connectivity index (χ0n) is 20.7. The van der Waals surface area contributed by atoms with Crippen molar-refractivity contribution < 1.29 is 22.7 Å². The molecule has 2 aromatic carbocycles. The molecule has 0 unspecified atom stereocenters. The first-order valence-corrected chi connectivity index (χ1v) is 11.2. The average Bonchev–Trinajstić information content (AvgIpc) is 2.75. The number of aryl methyl sites for hydroxylation is 1. The van der Waals surface area contributed by atoms with E-state index in [0.29, 0.717) is 5.56 Å². The second kappa shape index (κ2) is 12.8. The van der Waals surface area contributed by atoms with Gasteiger partial charge in [-0.3, -0.25) is 9.69 Å². The summed E-state index contributed by atoms with van der Waals surface area (Å²) in [4.78, 5) is 14.3. The molecule has 0 aliphatic carbocycles. The summed E-state index contributed by atoms with van der Waals surface area (Å²) in [5, 5.41) is 0. The molecular weight excluding hydrogens is 459 g/mol. The Hall–Kier alpha value is -2.51. The van der Waals surface area contributed by atoms with Gasteiger partial charge in [-0.25, -0.2) is 0 Å². The number of allylic oxidation sites excluding steroid dienone is 1. The monoisotopic (exact) mass is 493 g/mol. The number of aldehydes is 1. The van der Waals surface area contributed by atoms with Gasteiger partial charge in [-0.2, -0.15) is 13.2 Å². The van der Waals surface area contributed by atoms with Crippen LogP contribution in [0.4, 0.5) is 13.2 Å². The number of ether oxygens (including phenoxy) is 1. The zero-order chi connectivity index (χ0) is 26.1. The minimum Gasteiger partial charge on any atom is -0.480 e. The van der Waals surface area contributed by atoms with Gasteiger partial charge in [-0.1, -0.05) is 42.5 Å². The van der Waals surface area contributed by atoms with Gasteiger partial charge in [-0.15, -0.1) is 12.6 Å². The number of hydrogen-bond acceptors (Lipinski definition) is 4. The lowest BCUT2D eigenvalue weighted by Gasteiger charge is -2.22. The van der Waals surface area contributed by atoms with Gasteiger partial charge in [0.15, 0.2) is 11.9 Å². The summed E-state index contributed by atoms with van der Waals surface area (Å²) in [6, 6.07) is 10.9. The van der Waals surface area contributed by atoms with Crippen molar-refractivity contribution in [1.29, 1.82) is 0 Å². The molecule has 0 saturated heterocycles. The molecule has 34 heavy (non-hydrogen) atoms. The van der Waals surface area contributed by atoms with Crippen molar-refractivity contribution in [3.05, 3.63) is 81.8 Å². The Morgan fingerprint density at radius 2 is 1.71 bits per heavy atom. The minimum absolute atomic E-state index is 0.631. The molecule has 2 rings (SSSR count). The van der Waals surface area contributed by atoms with Gasteiger partial charge in [0.1, 0.15) is 5.75 Å². The Kier molecular flexibility index (Phi) is 11.1. The largest absolute Gasteiger partial charge is 0.480 e. The topological polar surface area (TPSA) is 29.5 Å². The van der Waals surface area contributed by atoms with E-state index < -0.39 is 17.3 Å². The van der Waals surface area contributed by atoms with Gasteiger partial charge in [0, 0.05) is 13.1 Å². The predicted molar refractivity (Wildman–Crippen MR) is 137 cm³/mol. The van der Waals surface area contributed by atoms with Crippen molar-refractivity contribution in [2.24, 2.45) is 0 Å². The van der Waals surface area contributed by atoms with Crippen LogP contribution in [0, 0.1) is 6.92 Å². The fourth-order valence-corrected chi connectivity index (χ4v) is 3.06. The van der Waals surface area contributed by atoms with E-state index in [9.17, 15) is 18.0 Å². The number of halogens is 3. The van der Waals surface area contributed by atoms with E-state index in [0.717, 1.165) is 47.7 Å². The average molecular weight is 494 g/mol. The molecule has 0 atom stereocenters. The van der Waals surface area contributed by atoms with E-state index in [2.05, 4.69) is 51.1 Å². The third kappa shape index (κ3) is 10.2. The van der Waals surface area contributed by atoms with Gasteiger partial charge in [0.2, 0.25) is 0 Å². The highest BCUT2D eigenvalue weighted by atomic mass is 32.1. The summed E-state index contributed by atoms with van der Waals surface area (Å²) in [6.07, 6.45) is -1.93. The smallest absolute Gasteiger partial charge is 0.416 e. The number of carbonyl (C=O) groups is 1. The quantitative estimate of drug-likeness (QED) is 0.308. The number of likely N-dealkylation sites (N-methyl/N-ethyl adjacent to an activating group) is 1. The Morgan fingerprint density at radius 3 is 2.15 bits per heavy atom. The van der Waals surface area contributed by atoms with Crippen molar-refractivity contribution in [3.63, 3.8) is 0 Å². The number of carbonyl (C=O) groups excluding carboxylic acids is 1. The number of benzene rings is 2. The Balaban J connectivity index is 0.000000404. The maximum Gasteiger partial charge on any atom is 0.416 e.